The van der Waals surface area contributed by atoms with Crippen LogP contribution in [0.4, 0.5) is 0 Å². The fourth-order valence-corrected chi connectivity index (χ4v) is 5.03. The second kappa shape index (κ2) is 9.21. The number of benzene rings is 1. The Morgan fingerprint density at radius 3 is 2.56 bits per heavy atom. The van der Waals surface area contributed by atoms with Crippen molar-refractivity contribution in [2.45, 2.75) is 51.5 Å². The third-order valence-corrected chi connectivity index (χ3v) is 6.52. The minimum atomic E-state index is -3.47. The summed E-state index contributed by atoms with van der Waals surface area (Å²) in [5.41, 5.74) is 0.135. The molecule has 0 radical (unpaired) electrons. The minimum Gasteiger partial charge on any atom is -0.507 e. The van der Waals surface area contributed by atoms with E-state index in [4.69, 9.17) is 0 Å². The van der Waals surface area contributed by atoms with Crippen LogP contribution in [0.1, 0.15) is 44.7 Å². The maximum Gasteiger partial charge on any atom is 0.332 e. The first kappa shape index (κ1) is 24.2. The van der Waals surface area contributed by atoms with Crippen molar-refractivity contribution < 1.29 is 13.5 Å². The number of aromatic nitrogens is 2. The van der Waals surface area contributed by atoms with E-state index in [1.54, 1.807) is 12.1 Å². The van der Waals surface area contributed by atoms with Crippen molar-refractivity contribution in [3.63, 3.8) is 0 Å². The number of rotatable bonds is 6. The Morgan fingerprint density at radius 1 is 1.28 bits per heavy atom. The highest BCUT2D eigenvalue weighted by molar-refractivity contribution is 7.88. The Balaban J connectivity index is 2.12. The highest BCUT2D eigenvalue weighted by Gasteiger charge is 2.29. The third-order valence-electron chi connectivity index (χ3n) is 5.79. The van der Waals surface area contributed by atoms with Gasteiger partial charge in [-0.05, 0) is 61.4 Å². The molecule has 32 heavy (non-hydrogen) atoms. The SMILES string of the molecule is CC(C)(C)c1cc(-n2ccc(=O)[nH]c2=O)cc(CC(NS(C)(=O)=O)C2CCCNC2)c1O. The fraction of sp³-hybridized carbons (Fsp3) is 0.545. The van der Waals surface area contributed by atoms with E-state index in [1.807, 2.05) is 20.8 Å². The summed E-state index contributed by atoms with van der Waals surface area (Å²) in [5, 5.41) is 14.4. The molecule has 1 aliphatic rings. The van der Waals surface area contributed by atoms with Gasteiger partial charge in [-0.15, -0.1) is 0 Å². The summed E-state index contributed by atoms with van der Waals surface area (Å²) in [4.78, 5) is 26.1. The zero-order valence-electron chi connectivity index (χ0n) is 18.9. The van der Waals surface area contributed by atoms with Gasteiger partial charge in [0.05, 0.1) is 11.9 Å². The number of aromatic hydroxyl groups is 1. The van der Waals surface area contributed by atoms with Gasteiger partial charge in [-0.3, -0.25) is 14.3 Å². The molecular formula is C22H32N4O5S. The van der Waals surface area contributed by atoms with Gasteiger partial charge >= 0.3 is 5.69 Å². The molecule has 1 aliphatic heterocycles. The molecule has 4 N–H and O–H groups in total. The number of nitrogens with one attached hydrogen (secondary N) is 3. The number of sulfonamides is 1. The molecule has 2 atom stereocenters. The van der Waals surface area contributed by atoms with Crippen molar-refractivity contribution in [3.8, 4) is 11.4 Å². The van der Waals surface area contributed by atoms with E-state index < -0.39 is 32.7 Å². The number of nitrogens with zero attached hydrogens (tertiary/aromatic N) is 1. The van der Waals surface area contributed by atoms with Crippen LogP contribution in [-0.4, -0.2) is 48.5 Å². The molecule has 9 nitrogen and oxygen atoms in total. The molecule has 0 spiro atoms. The molecule has 2 unspecified atom stereocenters. The molecule has 10 heteroatoms. The van der Waals surface area contributed by atoms with Gasteiger partial charge in [0.15, 0.2) is 0 Å². The van der Waals surface area contributed by atoms with E-state index >= 15 is 0 Å². The topological polar surface area (TPSA) is 133 Å². The average Bonchev–Trinajstić information content (AvgIpc) is 2.68. The maximum absolute atomic E-state index is 12.4. The van der Waals surface area contributed by atoms with Crippen molar-refractivity contribution in [1.29, 1.82) is 0 Å². The number of aromatic amines is 1. The van der Waals surface area contributed by atoms with Crippen molar-refractivity contribution >= 4 is 10.0 Å². The Kier molecular flexibility index (Phi) is 6.97. The zero-order chi connectivity index (χ0) is 23.7. The van der Waals surface area contributed by atoms with E-state index in [0.29, 0.717) is 23.4 Å². The molecule has 1 saturated heterocycles. The largest absolute Gasteiger partial charge is 0.507 e. The summed E-state index contributed by atoms with van der Waals surface area (Å²) in [6.07, 6.45) is 4.60. The van der Waals surface area contributed by atoms with Crippen LogP contribution in [0.3, 0.4) is 0 Å². The maximum atomic E-state index is 12.4. The van der Waals surface area contributed by atoms with Crippen molar-refractivity contribution in [2.75, 3.05) is 19.3 Å². The first-order chi connectivity index (χ1) is 14.8. The predicted octanol–water partition coefficient (Wildman–Crippen LogP) is 0.989. The second-order valence-electron chi connectivity index (χ2n) is 9.54. The molecular weight excluding hydrogens is 432 g/mol. The zero-order valence-corrected chi connectivity index (χ0v) is 19.8. The van der Waals surface area contributed by atoms with Gasteiger partial charge in [0.2, 0.25) is 10.0 Å². The standard InChI is InChI=1S/C22H32N4O5S/c1-22(2,3)17-12-16(26-9-7-19(27)24-21(26)29)10-15(20(17)28)11-18(25-32(4,30)31)14-6-5-8-23-13-14/h7,9-10,12,14,18,23,25,28H,5-6,8,11,13H2,1-4H3,(H,24,27,29). The van der Waals surface area contributed by atoms with Crippen molar-refractivity contribution in [1.82, 2.24) is 19.6 Å². The number of phenols is 1. The van der Waals surface area contributed by atoms with Crippen molar-refractivity contribution in [2.24, 2.45) is 5.92 Å². The molecule has 0 aliphatic carbocycles. The highest BCUT2D eigenvalue weighted by atomic mass is 32.2. The summed E-state index contributed by atoms with van der Waals surface area (Å²) < 4.78 is 28.2. The van der Waals surface area contributed by atoms with Crippen LogP contribution in [0.25, 0.3) is 5.69 Å². The van der Waals surface area contributed by atoms with Gasteiger partial charge in [0.1, 0.15) is 5.75 Å². The Morgan fingerprint density at radius 2 is 2.00 bits per heavy atom. The molecule has 176 valence electrons. The second-order valence-corrected chi connectivity index (χ2v) is 11.3. The van der Waals surface area contributed by atoms with Crippen LogP contribution in [-0.2, 0) is 21.9 Å². The number of phenolic OH excluding ortho intramolecular Hbond substituents is 1. The lowest BCUT2D eigenvalue weighted by molar-refractivity contribution is 0.303. The molecule has 2 aromatic rings. The molecule has 1 aromatic carbocycles. The molecule has 2 heterocycles. The summed E-state index contributed by atoms with van der Waals surface area (Å²) >= 11 is 0. The van der Waals surface area contributed by atoms with E-state index in [0.717, 1.165) is 25.6 Å². The van der Waals surface area contributed by atoms with Gasteiger partial charge < -0.3 is 10.4 Å². The molecule has 0 saturated carbocycles. The van der Waals surface area contributed by atoms with E-state index in [2.05, 4.69) is 15.0 Å². The summed E-state index contributed by atoms with van der Waals surface area (Å²) in [5.74, 6) is 0.151. The molecule has 3 rings (SSSR count). The quantitative estimate of drug-likeness (QED) is 0.504. The summed E-state index contributed by atoms with van der Waals surface area (Å²) in [6.45, 7) is 7.42. The number of piperidine rings is 1. The first-order valence-electron chi connectivity index (χ1n) is 10.7. The first-order valence-corrected chi connectivity index (χ1v) is 12.6. The average molecular weight is 465 g/mol. The van der Waals surface area contributed by atoms with Crippen LogP contribution in [0.2, 0.25) is 0 Å². The van der Waals surface area contributed by atoms with E-state index in [1.165, 1.54) is 16.8 Å². The number of H-pyrrole nitrogens is 1. The van der Waals surface area contributed by atoms with Crippen LogP contribution >= 0.6 is 0 Å². The lowest BCUT2D eigenvalue weighted by Crippen LogP contribution is -2.47. The van der Waals surface area contributed by atoms with Crippen LogP contribution in [0.15, 0.2) is 34.0 Å². The summed E-state index contributed by atoms with van der Waals surface area (Å²) in [6, 6.07) is 4.24. The minimum absolute atomic E-state index is 0.0652. The number of hydrogen-bond acceptors (Lipinski definition) is 6. The van der Waals surface area contributed by atoms with Crippen LogP contribution in [0, 0.1) is 5.92 Å². The Labute approximate surface area is 187 Å². The van der Waals surface area contributed by atoms with Gasteiger partial charge in [-0.2, -0.15) is 0 Å². The fourth-order valence-electron chi connectivity index (χ4n) is 4.20. The van der Waals surface area contributed by atoms with Gasteiger partial charge in [0.25, 0.3) is 5.56 Å². The van der Waals surface area contributed by atoms with E-state index in [9.17, 15) is 23.1 Å². The van der Waals surface area contributed by atoms with E-state index in [-0.39, 0.29) is 18.1 Å². The van der Waals surface area contributed by atoms with Crippen LogP contribution in [0.5, 0.6) is 5.75 Å². The lowest BCUT2D eigenvalue weighted by atomic mass is 9.82. The molecule has 1 aromatic heterocycles. The van der Waals surface area contributed by atoms with Gasteiger partial charge in [-0.25, -0.2) is 17.9 Å². The Hall–Kier alpha value is -2.43. The lowest BCUT2D eigenvalue weighted by Gasteiger charge is -2.32. The molecule has 0 bridgehead atoms. The smallest absolute Gasteiger partial charge is 0.332 e. The highest BCUT2D eigenvalue weighted by Crippen LogP contribution is 2.36. The third kappa shape index (κ3) is 5.87. The predicted molar refractivity (Wildman–Crippen MR) is 124 cm³/mol. The summed E-state index contributed by atoms with van der Waals surface area (Å²) in [7, 11) is -3.47. The van der Waals surface area contributed by atoms with Gasteiger partial charge in [-0.1, -0.05) is 20.8 Å². The number of hydrogen-bond donors (Lipinski definition) is 4. The monoisotopic (exact) mass is 464 g/mol. The van der Waals surface area contributed by atoms with Gasteiger partial charge in [0, 0.05) is 23.9 Å². The van der Waals surface area contributed by atoms with Crippen LogP contribution < -0.4 is 21.3 Å². The Bertz CT molecular complexity index is 1190. The molecule has 0 amide bonds. The van der Waals surface area contributed by atoms with Crippen molar-refractivity contribution in [3.05, 3.63) is 56.4 Å². The normalized spacial score (nSPS) is 18.4. The molecule has 1 fully saturated rings.